The average Bonchev–Trinajstić information content (AvgIpc) is 2.78. The van der Waals surface area contributed by atoms with Gasteiger partial charge in [0.05, 0.1) is 21.2 Å². The fourth-order valence-electron chi connectivity index (χ4n) is 5.74. The van der Waals surface area contributed by atoms with Crippen LogP contribution in [0.25, 0.3) is 11.1 Å². The number of sulfonamides is 2. The SMILES string of the molecule is Cc1cc(C)c(S(=O)(=O)Nc2cccc(C)c2-c2c(C)cccc2NS(=O)(=O)c2c(C)cc(C)cc2C)c(C)c1. The van der Waals surface area contributed by atoms with Crippen molar-refractivity contribution in [2.24, 2.45) is 0 Å². The number of rotatable bonds is 7. The van der Waals surface area contributed by atoms with Crippen molar-refractivity contribution >= 4 is 31.4 Å². The third-order valence-corrected chi connectivity index (χ3v) is 10.4. The second-order valence-corrected chi connectivity index (χ2v) is 13.9. The van der Waals surface area contributed by atoms with Crippen molar-refractivity contribution in [2.45, 2.75) is 65.2 Å². The van der Waals surface area contributed by atoms with Crippen LogP contribution in [0.1, 0.15) is 44.5 Å². The van der Waals surface area contributed by atoms with Crippen LogP contribution in [-0.2, 0) is 20.0 Å². The molecule has 40 heavy (non-hydrogen) atoms. The van der Waals surface area contributed by atoms with E-state index in [0.29, 0.717) is 44.8 Å². The number of benzene rings is 4. The Morgan fingerprint density at radius 3 is 1.05 bits per heavy atom. The maximum atomic E-state index is 13.7. The molecule has 0 unspecified atom stereocenters. The highest BCUT2D eigenvalue weighted by Gasteiger charge is 2.26. The molecular weight excluding hydrogens is 540 g/mol. The average molecular weight is 577 g/mol. The molecule has 0 saturated carbocycles. The normalized spacial score (nSPS) is 11.9. The minimum absolute atomic E-state index is 0.238. The monoisotopic (exact) mass is 576 g/mol. The van der Waals surface area contributed by atoms with Gasteiger partial charge in [-0.25, -0.2) is 16.8 Å². The van der Waals surface area contributed by atoms with Crippen LogP contribution >= 0.6 is 0 Å². The van der Waals surface area contributed by atoms with E-state index in [9.17, 15) is 16.8 Å². The first kappa shape index (κ1) is 29.4. The highest BCUT2D eigenvalue weighted by molar-refractivity contribution is 7.93. The summed E-state index contributed by atoms with van der Waals surface area (Å²) in [7, 11) is -7.89. The van der Waals surface area contributed by atoms with Gasteiger partial charge in [0.25, 0.3) is 20.0 Å². The Morgan fingerprint density at radius 1 is 0.450 bits per heavy atom. The highest BCUT2D eigenvalue weighted by Crippen LogP contribution is 2.41. The standard InChI is InChI=1S/C32H36N2O4S2/c1-19-15-23(5)31(24(6)16-19)39(35,36)33-27-13-9-11-21(3)29(27)30-22(4)12-10-14-28(30)34-40(37,38)32-25(7)17-20(2)18-26(32)8/h9-18,33-34H,1-8H3. The number of nitrogens with one attached hydrogen (secondary N) is 2. The molecule has 0 bridgehead atoms. The van der Waals surface area contributed by atoms with Crippen LogP contribution in [-0.4, -0.2) is 16.8 Å². The van der Waals surface area contributed by atoms with Gasteiger partial charge in [0.2, 0.25) is 0 Å². The zero-order chi connectivity index (χ0) is 29.6. The highest BCUT2D eigenvalue weighted by atomic mass is 32.2. The first-order valence-corrected chi connectivity index (χ1v) is 16.0. The van der Waals surface area contributed by atoms with Crippen LogP contribution in [0.5, 0.6) is 0 Å². The first-order valence-electron chi connectivity index (χ1n) is 13.0. The van der Waals surface area contributed by atoms with Crippen LogP contribution < -0.4 is 9.44 Å². The second kappa shape index (κ2) is 10.7. The van der Waals surface area contributed by atoms with E-state index in [-0.39, 0.29) is 9.79 Å². The van der Waals surface area contributed by atoms with Gasteiger partial charge in [0.15, 0.2) is 0 Å². The Hall–Kier alpha value is -3.62. The molecule has 4 rings (SSSR count). The summed E-state index contributed by atoms with van der Waals surface area (Å²) in [5.41, 5.74) is 8.18. The van der Waals surface area contributed by atoms with E-state index < -0.39 is 20.0 Å². The molecule has 4 aromatic carbocycles. The van der Waals surface area contributed by atoms with Gasteiger partial charge in [-0.1, -0.05) is 59.7 Å². The van der Waals surface area contributed by atoms with Gasteiger partial charge in [-0.15, -0.1) is 0 Å². The zero-order valence-corrected chi connectivity index (χ0v) is 25.9. The Morgan fingerprint density at radius 2 is 0.750 bits per heavy atom. The lowest BCUT2D eigenvalue weighted by molar-refractivity contribution is 0.598. The van der Waals surface area contributed by atoms with Gasteiger partial charge in [0, 0.05) is 11.1 Å². The Bertz CT molecular complexity index is 1680. The van der Waals surface area contributed by atoms with Gasteiger partial charge >= 0.3 is 0 Å². The predicted octanol–water partition coefficient (Wildman–Crippen LogP) is 7.42. The van der Waals surface area contributed by atoms with Gasteiger partial charge in [-0.2, -0.15) is 0 Å². The molecule has 0 fully saturated rings. The number of aryl methyl sites for hydroxylation is 8. The molecule has 2 N–H and O–H groups in total. The van der Waals surface area contributed by atoms with Crippen LogP contribution in [0.4, 0.5) is 11.4 Å². The quantitative estimate of drug-likeness (QED) is 0.239. The molecular formula is C32H36N2O4S2. The van der Waals surface area contributed by atoms with Gasteiger partial charge in [-0.05, 0) is 101 Å². The molecule has 8 heteroatoms. The molecule has 0 saturated heterocycles. The van der Waals surface area contributed by atoms with Crippen molar-refractivity contribution in [3.05, 3.63) is 105 Å². The fraction of sp³-hybridized carbons (Fsp3) is 0.250. The van der Waals surface area contributed by atoms with Gasteiger partial charge in [0.1, 0.15) is 0 Å². The smallest absolute Gasteiger partial charge is 0.262 e. The van der Waals surface area contributed by atoms with Crippen LogP contribution in [0.3, 0.4) is 0 Å². The molecule has 0 aliphatic heterocycles. The zero-order valence-electron chi connectivity index (χ0n) is 24.2. The Labute approximate surface area is 238 Å². The lowest BCUT2D eigenvalue weighted by atomic mass is 9.94. The third kappa shape index (κ3) is 5.64. The molecule has 6 nitrogen and oxygen atoms in total. The van der Waals surface area contributed by atoms with Crippen molar-refractivity contribution in [3.8, 4) is 11.1 Å². The van der Waals surface area contributed by atoms with Crippen molar-refractivity contribution in [1.82, 2.24) is 0 Å². The van der Waals surface area contributed by atoms with E-state index in [1.807, 2.05) is 64.1 Å². The van der Waals surface area contributed by atoms with Crippen LogP contribution in [0.2, 0.25) is 0 Å². The van der Waals surface area contributed by atoms with E-state index >= 15 is 0 Å². The van der Waals surface area contributed by atoms with Crippen molar-refractivity contribution in [1.29, 1.82) is 0 Å². The Balaban J connectivity index is 1.87. The lowest BCUT2D eigenvalue weighted by Crippen LogP contribution is -2.18. The van der Waals surface area contributed by atoms with E-state index in [0.717, 1.165) is 22.3 Å². The van der Waals surface area contributed by atoms with E-state index in [2.05, 4.69) is 9.44 Å². The summed E-state index contributed by atoms with van der Waals surface area (Å²) >= 11 is 0. The maximum absolute atomic E-state index is 13.7. The summed E-state index contributed by atoms with van der Waals surface area (Å²) in [6.45, 7) is 14.8. The minimum Gasteiger partial charge on any atom is -0.279 e. The minimum atomic E-state index is -3.95. The van der Waals surface area contributed by atoms with Gasteiger partial charge in [-0.3, -0.25) is 9.44 Å². The molecule has 0 amide bonds. The summed E-state index contributed by atoms with van der Waals surface area (Å²) in [6, 6.07) is 18.1. The lowest BCUT2D eigenvalue weighted by Gasteiger charge is -2.22. The van der Waals surface area contributed by atoms with E-state index in [1.165, 1.54) is 0 Å². The predicted molar refractivity (Wildman–Crippen MR) is 164 cm³/mol. The maximum Gasteiger partial charge on any atom is 0.262 e. The molecule has 0 aromatic heterocycles. The summed E-state index contributed by atoms with van der Waals surface area (Å²) in [6.07, 6.45) is 0. The molecule has 4 aromatic rings. The summed E-state index contributed by atoms with van der Waals surface area (Å²) in [4.78, 5) is 0.475. The largest absolute Gasteiger partial charge is 0.279 e. The molecule has 0 aliphatic carbocycles. The number of anilines is 2. The molecule has 0 spiro atoms. The molecule has 0 radical (unpaired) electrons. The summed E-state index contributed by atoms with van der Waals surface area (Å²) < 4.78 is 60.5. The van der Waals surface area contributed by atoms with Crippen molar-refractivity contribution in [2.75, 3.05) is 9.44 Å². The van der Waals surface area contributed by atoms with E-state index in [1.54, 1.807) is 52.0 Å². The number of hydrogen-bond acceptors (Lipinski definition) is 4. The van der Waals surface area contributed by atoms with Crippen molar-refractivity contribution < 1.29 is 16.8 Å². The molecule has 210 valence electrons. The molecule has 0 aliphatic rings. The fourth-order valence-corrected chi connectivity index (χ4v) is 8.80. The van der Waals surface area contributed by atoms with Crippen molar-refractivity contribution in [3.63, 3.8) is 0 Å². The van der Waals surface area contributed by atoms with Crippen LogP contribution in [0, 0.1) is 55.4 Å². The molecule has 0 heterocycles. The van der Waals surface area contributed by atoms with E-state index in [4.69, 9.17) is 0 Å². The summed E-state index contributed by atoms with van der Waals surface area (Å²) in [5, 5.41) is 0. The third-order valence-electron chi connectivity index (χ3n) is 7.03. The van der Waals surface area contributed by atoms with Gasteiger partial charge < -0.3 is 0 Å². The number of hydrogen-bond donors (Lipinski definition) is 2. The van der Waals surface area contributed by atoms with Crippen LogP contribution in [0.15, 0.2) is 70.5 Å². The molecule has 0 atom stereocenters. The Kier molecular flexibility index (Phi) is 7.89. The summed E-state index contributed by atoms with van der Waals surface area (Å²) in [5.74, 6) is 0. The first-order chi connectivity index (χ1) is 18.6. The topological polar surface area (TPSA) is 92.3 Å². The second-order valence-electron chi connectivity index (χ2n) is 10.7.